The minimum Gasteiger partial charge on any atom is -0.327 e. The van der Waals surface area contributed by atoms with Crippen LogP contribution in [-0.2, 0) is 16.2 Å². The molecule has 0 aliphatic heterocycles. The van der Waals surface area contributed by atoms with Gasteiger partial charge in [0.2, 0.25) is 0 Å². The Morgan fingerprint density at radius 1 is 1.09 bits per heavy atom. The molecule has 3 aromatic rings. The van der Waals surface area contributed by atoms with Gasteiger partial charge in [-0.15, -0.1) is 12.4 Å². The SMILES string of the molecule is Cl.N#Cc1ccc(S(=O)(=O)Nc2cc(-c3ccc(C4CC4N)cn3)cc(C(F)(F)F)c2)cc1. The number of hydrogen-bond donors (Lipinski definition) is 2. The van der Waals surface area contributed by atoms with Crippen molar-refractivity contribution < 1.29 is 21.6 Å². The summed E-state index contributed by atoms with van der Waals surface area (Å²) in [7, 11) is -4.18. The molecule has 1 aliphatic rings. The zero-order chi connectivity index (χ0) is 23.1. The smallest absolute Gasteiger partial charge is 0.327 e. The highest BCUT2D eigenvalue weighted by Gasteiger charge is 2.35. The molecule has 172 valence electrons. The van der Waals surface area contributed by atoms with Gasteiger partial charge in [-0.25, -0.2) is 8.42 Å². The molecule has 0 radical (unpaired) electrons. The van der Waals surface area contributed by atoms with Crippen LogP contribution in [0.5, 0.6) is 0 Å². The van der Waals surface area contributed by atoms with E-state index >= 15 is 0 Å². The number of nitrogens with one attached hydrogen (secondary N) is 1. The lowest BCUT2D eigenvalue weighted by atomic mass is 10.0. The van der Waals surface area contributed by atoms with Gasteiger partial charge in [0, 0.05) is 23.7 Å². The molecule has 2 atom stereocenters. The molecular weight excluding hydrogens is 477 g/mol. The van der Waals surface area contributed by atoms with E-state index in [1.165, 1.54) is 30.3 Å². The zero-order valence-corrected chi connectivity index (χ0v) is 18.5. The number of rotatable bonds is 5. The standard InChI is InChI=1S/C22H17F3N4O2S.ClH/c23-22(24,25)16-7-15(21-6-3-14(12-28-21)19-10-20(19)27)8-17(9-16)29-32(30,31)18-4-1-13(11-26)2-5-18;/h1-9,12,19-20,29H,10,27H2;1H. The molecule has 0 saturated heterocycles. The van der Waals surface area contributed by atoms with Gasteiger partial charge in [-0.05, 0) is 60.5 Å². The highest BCUT2D eigenvalue weighted by molar-refractivity contribution is 7.92. The van der Waals surface area contributed by atoms with Crippen LogP contribution in [0.4, 0.5) is 18.9 Å². The summed E-state index contributed by atoms with van der Waals surface area (Å²) in [5.74, 6) is 0.202. The van der Waals surface area contributed by atoms with Gasteiger partial charge in [0.15, 0.2) is 0 Å². The molecule has 1 fully saturated rings. The van der Waals surface area contributed by atoms with Gasteiger partial charge >= 0.3 is 6.18 Å². The number of pyridine rings is 1. The number of nitrogens with two attached hydrogens (primary N) is 1. The maximum atomic E-state index is 13.5. The van der Waals surface area contributed by atoms with Crippen molar-refractivity contribution in [3.63, 3.8) is 0 Å². The van der Waals surface area contributed by atoms with Crippen molar-refractivity contribution in [1.82, 2.24) is 4.98 Å². The topological polar surface area (TPSA) is 109 Å². The average molecular weight is 495 g/mol. The maximum Gasteiger partial charge on any atom is 0.416 e. The summed E-state index contributed by atoms with van der Waals surface area (Å²) in [6.07, 6.45) is -2.27. The van der Waals surface area contributed by atoms with E-state index in [9.17, 15) is 21.6 Å². The molecule has 33 heavy (non-hydrogen) atoms. The predicted octanol–water partition coefficient (Wildman–Crippen LogP) is 4.68. The summed E-state index contributed by atoms with van der Waals surface area (Å²) in [4.78, 5) is 4.07. The van der Waals surface area contributed by atoms with E-state index in [2.05, 4.69) is 9.71 Å². The Bertz CT molecular complexity index is 1310. The van der Waals surface area contributed by atoms with Crippen LogP contribution in [0.15, 0.2) is 65.7 Å². The first kappa shape index (κ1) is 24.5. The molecule has 0 amide bonds. The number of halogens is 4. The molecule has 0 spiro atoms. The van der Waals surface area contributed by atoms with Crippen LogP contribution < -0.4 is 10.5 Å². The van der Waals surface area contributed by atoms with Gasteiger partial charge < -0.3 is 5.73 Å². The van der Waals surface area contributed by atoms with Crippen molar-refractivity contribution in [2.75, 3.05) is 4.72 Å². The summed E-state index contributed by atoms with van der Waals surface area (Å²) in [5.41, 5.74) is 6.11. The van der Waals surface area contributed by atoms with Gasteiger partial charge in [0.25, 0.3) is 10.0 Å². The van der Waals surface area contributed by atoms with Crippen molar-refractivity contribution in [3.8, 4) is 17.3 Å². The van der Waals surface area contributed by atoms with Crippen LogP contribution in [0.25, 0.3) is 11.3 Å². The molecule has 6 nitrogen and oxygen atoms in total. The number of alkyl halides is 3. The summed E-state index contributed by atoms with van der Waals surface area (Å²) < 4.78 is 68.0. The number of nitriles is 1. The summed E-state index contributed by atoms with van der Waals surface area (Å²) in [6, 6.07) is 13.3. The first-order chi connectivity index (χ1) is 15.1. The van der Waals surface area contributed by atoms with Crippen molar-refractivity contribution in [3.05, 3.63) is 77.5 Å². The number of hydrogen-bond acceptors (Lipinski definition) is 5. The molecule has 2 unspecified atom stereocenters. The van der Waals surface area contributed by atoms with Crippen LogP contribution in [0.3, 0.4) is 0 Å². The minimum absolute atomic E-state index is 0. The van der Waals surface area contributed by atoms with Gasteiger partial charge in [0.1, 0.15) is 0 Å². The molecule has 2 aromatic carbocycles. The Labute approximate surface area is 194 Å². The van der Waals surface area contributed by atoms with Crippen LogP contribution >= 0.6 is 12.4 Å². The Kier molecular flexibility index (Phi) is 6.70. The fourth-order valence-corrected chi connectivity index (χ4v) is 4.35. The van der Waals surface area contributed by atoms with E-state index in [0.29, 0.717) is 0 Å². The molecule has 4 rings (SSSR count). The van der Waals surface area contributed by atoms with Crippen molar-refractivity contribution >= 4 is 28.1 Å². The maximum absolute atomic E-state index is 13.5. The van der Waals surface area contributed by atoms with E-state index in [1.54, 1.807) is 18.3 Å². The summed E-state index contributed by atoms with van der Waals surface area (Å²) in [5, 5.41) is 8.84. The van der Waals surface area contributed by atoms with Crippen molar-refractivity contribution in [2.45, 2.75) is 29.5 Å². The van der Waals surface area contributed by atoms with E-state index in [0.717, 1.165) is 24.1 Å². The second-order valence-electron chi connectivity index (χ2n) is 7.52. The number of aromatic nitrogens is 1. The first-order valence-corrected chi connectivity index (χ1v) is 11.0. The van der Waals surface area contributed by atoms with E-state index < -0.39 is 21.8 Å². The molecule has 1 aromatic heterocycles. The lowest BCUT2D eigenvalue weighted by Crippen LogP contribution is -2.14. The lowest BCUT2D eigenvalue weighted by molar-refractivity contribution is -0.137. The average Bonchev–Trinajstić information content (AvgIpc) is 3.49. The van der Waals surface area contributed by atoms with E-state index in [1.807, 2.05) is 6.07 Å². The highest BCUT2D eigenvalue weighted by Crippen LogP contribution is 2.39. The fourth-order valence-electron chi connectivity index (χ4n) is 3.31. The Morgan fingerprint density at radius 2 is 1.76 bits per heavy atom. The molecule has 1 heterocycles. The fraction of sp³-hybridized carbons (Fsp3) is 0.182. The molecular formula is C22H18ClF3N4O2S. The number of nitrogens with zero attached hydrogens (tertiary/aromatic N) is 2. The van der Waals surface area contributed by atoms with Crippen LogP contribution in [0.1, 0.15) is 29.0 Å². The third-order valence-corrected chi connectivity index (χ3v) is 6.55. The van der Waals surface area contributed by atoms with Crippen LogP contribution in [-0.4, -0.2) is 19.4 Å². The number of anilines is 1. The van der Waals surface area contributed by atoms with Gasteiger partial charge in [-0.2, -0.15) is 18.4 Å². The van der Waals surface area contributed by atoms with Gasteiger partial charge in [-0.3, -0.25) is 9.71 Å². The van der Waals surface area contributed by atoms with Gasteiger partial charge in [0.05, 0.1) is 33.5 Å². The molecule has 0 bridgehead atoms. The third kappa shape index (κ3) is 5.45. The van der Waals surface area contributed by atoms with Crippen molar-refractivity contribution in [1.29, 1.82) is 5.26 Å². The molecule has 11 heteroatoms. The number of benzene rings is 2. The first-order valence-electron chi connectivity index (χ1n) is 9.54. The summed E-state index contributed by atoms with van der Waals surface area (Å²) >= 11 is 0. The van der Waals surface area contributed by atoms with E-state index in [4.69, 9.17) is 11.0 Å². The molecule has 1 saturated carbocycles. The second kappa shape index (κ2) is 9.02. The quantitative estimate of drug-likeness (QED) is 0.535. The predicted molar refractivity (Wildman–Crippen MR) is 119 cm³/mol. The van der Waals surface area contributed by atoms with Crippen molar-refractivity contribution in [2.24, 2.45) is 5.73 Å². The Morgan fingerprint density at radius 3 is 2.27 bits per heavy atom. The highest BCUT2D eigenvalue weighted by atomic mass is 35.5. The van der Waals surface area contributed by atoms with Gasteiger partial charge in [-0.1, -0.05) is 6.07 Å². The summed E-state index contributed by atoms with van der Waals surface area (Å²) in [6.45, 7) is 0. The zero-order valence-electron chi connectivity index (χ0n) is 16.9. The Balaban J connectivity index is 0.00000306. The number of sulfonamides is 1. The van der Waals surface area contributed by atoms with E-state index in [-0.39, 0.29) is 51.8 Å². The minimum atomic E-state index is -4.69. The van der Waals surface area contributed by atoms with Crippen LogP contribution in [0, 0.1) is 11.3 Å². The molecule has 1 aliphatic carbocycles. The second-order valence-corrected chi connectivity index (χ2v) is 9.20. The third-order valence-electron chi connectivity index (χ3n) is 5.16. The Hall–Kier alpha value is -3.13. The monoisotopic (exact) mass is 494 g/mol. The lowest BCUT2D eigenvalue weighted by Gasteiger charge is -2.14. The van der Waals surface area contributed by atoms with Crippen LogP contribution in [0.2, 0.25) is 0 Å². The normalized spacial score (nSPS) is 17.5. The molecule has 3 N–H and O–H groups in total. The largest absolute Gasteiger partial charge is 0.416 e.